The lowest BCUT2D eigenvalue weighted by atomic mass is 10.1. The zero-order valence-corrected chi connectivity index (χ0v) is 17.3. The Morgan fingerprint density at radius 3 is 2.58 bits per heavy atom. The van der Waals surface area contributed by atoms with Gasteiger partial charge in [-0.25, -0.2) is 0 Å². The third-order valence-electron chi connectivity index (χ3n) is 3.86. The zero-order chi connectivity index (χ0) is 18.5. The molecule has 0 unspecified atom stereocenters. The summed E-state index contributed by atoms with van der Waals surface area (Å²) >= 11 is 15.1. The zero-order valence-electron chi connectivity index (χ0n) is 14.2. The Morgan fingerprint density at radius 1 is 1.15 bits per heavy atom. The predicted octanol–water partition coefficient (Wildman–Crippen LogP) is 5.72. The summed E-state index contributed by atoms with van der Waals surface area (Å²) in [5, 5.41) is 12.0. The van der Waals surface area contributed by atoms with Gasteiger partial charge in [0.15, 0.2) is 10.9 Å². The van der Waals surface area contributed by atoms with Crippen LogP contribution in [-0.4, -0.2) is 14.9 Å². The molecule has 3 aromatic rings. The molecule has 1 aromatic heterocycles. The highest BCUT2D eigenvalue weighted by atomic mass is 79.9. The van der Waals surface area contributed by atoms with Crippen molar-refractivity contribution in [2.75, 3.05) is 10.6 Å². The molecule has 4 nitrogen and oxygen atoms in total. The first-order valence-electron chi connectivity index (χ1n) is 8.18. The molecule has 7 heteroatoms. The molecule has 0 aliphatic carbocycles. The SMILES string of the molecule is CCc1ccc(NC(=S)Nc2nn(Cc3ccccc3Cl)cc2Br)cc1. The molecule has 0 aliphatic heterocycles. The Morgan fingerprint density at radius 2 is 1.88 bits per heavy atom. The van der Waals surface area contributed by atoms with E-state index in [2.05, 4.69) is 50.7 Å². The smallest absolute Gasteiger partial charge is 0.176 e. The van der Waals surface area contributed by atoms with E-state index in [4.69, 9.17) is 23.8 Å². The lowest BCUT2D eigenvalue weighted by Gasteiger charge is -2.09. The van der Waals surface area contributed by atoms with E-state index in [0.29, 0.717) is 17.5 Å². The van der Waals surface area contributed by atoms with Crippen molar-refractivity contribution >= 4 is 56.4 Å². The highest BCUT2D eigenvalue weighted by molar-refractivity contribution is 9.10. The van der Waals surface area contributed by atoms with Crippen LogP contribution in [0.4, 0.5) is 11.5 Å². The summed E-state index contributed by atoms with van der Waals surface area (Å²) in [6, 6.07) is 15.9. The number of hydrogen-bond acceptors (Lipinski definition) is 2. The first-order chi connectivity index (χ1) is 12.5. The lowest BCUT2D eigenvalue weighted by Crippen LogP contribution is -2.19. The average molecular weight is 450 g/mol. The Labute approximate surface area is 171 Å². The van der Waals surface area contributed by atoms with Gasteiger partial charge >= 0.3 is 0 Å². The van der Waals surface area contributed by atoms with Gasteiger partial charge in [0.2, 0.25) is 0 Å². The first-order valence-corrected chi connectivity index (χ1v) is 9.76. The monoisotopic (exact) mass is 448 g/mol. The fourth-order valence-corrected chi connectivity index (χ4v) is 3.28. The standard InChI is InChI=1S/C19H18BrClN4S/c1-2-13-7-9-15(10-8-13)22-19(26)23-18-16(20)12-25(24-18)11-14-5-3-4-6-17(14)21/h3-10,12H,2,11H2,1H3,(H2,22,23,24,26). The number of benzene rings is 2. The van der Waals surface area contributed by atoms with Crippen LogP contribution in [-0.2, 0) is 13.0 Å². The van der Waals surface area contributed by atoms with E-state index in [1.54, 1.807) is 0 Å². The van der Waals surface area contributed by atoms with Crippen LogP contribution in [0.1, 0.15) is 18.1 Å². The molecule has 0 atom stereocenters. The maximum Gasteiger partial charge on any atom is 0.176 e. The van der Waals surface area contributed by atoms with E-state index in [1.807, 2.05) is 47.3 Å². The molecule has 0 spiro atoms. The number of aryl methyl sites for hydroxylation is 1. The third-order valence-corrected chi connectivity index (χ3v) is 5.01. The summed E-state index contributed by atoms with van der Waals surface area (Å²) in [4.78, 5) is 0. The summed E-state index contributed by atoms with van der Waals surface area (Å²) in [5.41, 5.74) is 3.23. The second kappa shape index (κ2) is 8.66. The fourth-order valence-electron chi connectivity index (χ4n) is 2.46. The van der Waals surface area contributed by atoms with E-state index in [9.17, 15) is 0 Å². The van der Waals surface area contributed by atoms with E-state index in [1.165, 1.54) is 5.56 Å². The summed E-state index contributed by atoms with van der Waals surface area (Å²) < 4.78 is 2.64. The van der Waals surface area contributed by atoms with Crippen molar-refractivity contribution in [3.63, 3.8) is 0 Å². The summed E-state index contributed by atoms with van der Waals surface area (Å²) in [6.45, 7) is 2.71. The van der Waals surface area contributed by atoms with Gasteiger partial charge in [-0.2, -0.15) is 5.10 Å². The number of aromatic nitrogens is 2. The number of nitrogens with zero attached hydrogens (tertiary/aromatic N) is 2. The molecule has 0 bridgehead atoms. The van der Waals surface area contributed by atoms with Gasteiger partial charge in [-0.3, -0.25) is 4.68 Å². The van der Waals surface area contributed by atoms with Crippen molar-refractivity contribution in [2.24, 2.45) is 0 Å². The minimum absolute atomic E-state index is 0.484. The van der Waals surface area contributed by atoms with Crippen molar-refractivity contribution in [3.05, 3.63) is 75.4 Å². The Bertz CT molecular complexity index is 908. The highest BCUT2D eigenvalue weighted by Gasteiger charge is 2.10. The number of hydrogen-bond donors (Lipinski definition) is 2. The van der Waals surface area contributed by atoms with Crippen LogP contribution in [0.25, 0.3) is 0 Å². The molecule has 2 N–H and O–H groups in total. The minimum Gasteiger partial charge on any atom is -0.332 e. The molecular formula is C19H18BrClN4S. The topological polar surface area (TPSA) is 41.9 Å². The normalized spacial score (nSPS) is 10.6. The second-order valence-corrected chi connectivity index (χ2v) is 7.41. The summed E-state index contributed by atoms with van der Waals surface area (Å²) in [5.74, 6) is 0.653. The predicted molar refractivity (Wildman–Crippen MR) is 116 cm³/mol. The molecule has 0 fully saturated rings. The van der Waals surface area contributed by atoms with Gasteiger partial charge in [0.05, 0.1) is 11.0 Å². The van der Waals surface area contributed by atoms with Gasteiger partial charge in [0.1, 0.15) is 0 Å². The average Bonchev–Trinajstić information content (AvgIpc) is 2.96. The van der Waals surface area contributed by atoms with Gasteiger partial charge in [-0.05, 0) is 63.9 Å². The van der Waals surface area contributed by atoms with Crippen LogP contribution in [0.15, 0.2) is 59.2 Å². The molecule has 0 saturated carbocycles. The van der Waals surface area contributed by atoms with E-state index < -0.39 is 0 Å². The lowest BCUT2D eigenvalue weighted by molar-refractivity contribution is 0.690. The number of thiocarbonyl (C=S) groups is 1. The van der Waals surface area contributed by atoms with Gasteiger partial charge in [0.25, 0.3) is 0 Å². The maximum absolute atomic E-state index is 6.22. The van der Waals surface area contributed by atoms with Crippen LogP contribution in [0.5, 0.6) is 0 Å². The molecular weight excluding hydrogens is 432 g/mol. The molecule has 1 heterocycles. The van der Waals surface area contributed by atoms with Gasteiger partial charge in [-0.1, -0.05) is 48.9 Å². The number of rotatable bonds is 5. The minimum atomic E-state index is 0.484. The molecule has 3 rings (SSSR count). The summed E-state index contributed by atoms with van der Waals surface area (Å²) in [6.07, 6.45) is 2.91. The number of anilines is 2. The fraction of sp³-hybridized carbons (Fsp3) is 0.158. The van der Waals surface area contributed by atoms with Crippen molar-refractivity contribution < 1.29 is 0 Å². The number of halogens is 2. The van der Waals surface area contributed by atoms with E-state index in [-0.39, 0.29) is 0 Å². The van der Waals surface area contributed by atoms with Crippen molar-refractivity contribution in [2.45, 2.75) is 19.9 Å². The molecule has 0 aliphatic rings. The Balaban J connectivity index is 1.65. The van der Waals surface area contributed by atoms with Gasteiger partial charge < -0.3 is 10.6 Å². The van der Waals surface area contributed by atoms with E-state index >= 15 is 0 Å². The largest absolute Gasteiger partial charge is 0.332 e. The molecule has 0 radical (unpaired) electrons. The molecule has 0 saturated heterocycles. The van der Waals surface area contributed by atoms with Crippen LogP contribution in [0.3, 0.4) is 0 Å². The van der Waals surface area contributed by atoms with Gasteiger partial charge in [-0.15, -0.1) is 0 Å². The molecule has 134 valence electrons. The van der Waals surface area contributed by atoms with Crippen LogP contribution in [0.2, 0.25) is 5.02 Å². The van der Waals surface area contributed by atoms with Crippen molar-refractivity contribution in [1.82, 2.24) is 9.78 Å². The first kappa shape index (κ1) is 18.9. The summed E-state index contributed by atoms with van der Waals surface area (Å²) in [7, 11) is 0. The Hall–Kier alpha value is -1.89. The third kappa shape index (κ3) is 4.84. The molecule has 0 amide bonds. The van der Waals surface area contributed by atoms with Crippen LogP contribution in [0, 0.1) is 0 Å². The highest BCUT2D eigenvalue weighted by Crippen LogP contribution is 2.23. The van der Waals surface area contributed by atoms with Crippen LogP contribution >= 0.6 is 39.7 Å². The molecule has 2 aromatic carbocycles. The number of nitrogens with one attached hydrogen (secondary N) is 2. The van der Waals surface area contributed by atoms with Crippen molar-refractivity contribution in [1.29, 1.82) is 0 Å². The maximum atomic E-state index is 6.22. The van der Waals surface area contributed by atoms with E-state index in [0.717, 1.165) is 27.2 Å². The molecule has 26 heavy (non-hydrogen) atoms. The van der Waals surface area contributed by atoms with Crippen molar-refractivity contribution in [3.8, 4) is 0 Å². The van der Waals surface area contributed by atoms with Gasteiger partial charge in [0, 0.05) is 16.9 Å². The Kier molecular flexibility index (Phi) is 6.29. The van der Waals surface area contributed by atoms with Crippen LogP contribution < -0.4 is 10.6 Å². The quantitative estimate of drug-likeness (QED) is 0.489. The second-order valence-electron chi connectivity index (χ2n) is 5.74.